The molecule has 2 aromatic rings. The van der Waals surface area contributed by atoms with E-state index >= 15 is 0 Å². The van der Waals surface area contributed by atoms with Crippen molar-refractivity contribution in [2.45, 2.75) is 32.8 Å². The van der Waals surface area contributed by atoms with E-state index in [1.165, 1.54) is 5.69 Å². The molecule has 29 heavy (non-hydrogen) atoms. The van der Waals surface area contributed by atoms with Gasteiger partial charge in [-0.3, -0.25) is 9.69 Å². The number of benzene rings is 2. The number of rotatable bonds is 9. The molecule has 0 saturated carbocycles. The smallest absolute Gasteiger partial charge is 0.255 e. The van der Waals surface area contributed by atoms with Crippen molar-refractivity contribution in [1.29, 1.82) is 0 Å². The maximum absolute atomic E-state index is 12.5. The largest absolute Gasteiger partial charge is 0.490 e. The number of nitrogens with zero attached hydrogens (tertiary/aromatic N) is 2. The molecule has 156 valence electrons. The Balaban J connectivity index is 1.33. The number of carbonyl (C=O) groups excluding carboxylic acids is 1. The molecule has 0 atom stereocenters. The van der Waals surface area contributed by atoms with Crippen LogP contribution in [0.4, 0.5) is 5.69 Å². The molecular weight excluding hydrogens is 362 g/mol. The topological polar surface area (TPSA) is 44.8 Å². The predicted octanol–water partition coefficient (Wildman–Crippen LogP) is 3.81. The molecule has 0 bridgehead atoms. The van der Waals surface area contributed by atoms with E-state index in [4.69, 9.17) is 4.74 Å². The molecule has 0 aromatic heterocycles. The number of hydrogen-bond donors (Lipinski definition) is 1. The number of amides is 1. The molecule has 1 saturated heterocycles. The quantitative estimate of drug-likeness (QED) is 0.656. The first kappa shape index (κ1) is 21.2. The summed E-state index contributed by atoms with van der Waals surface area (Å²) < 4.78 is 5.74. The lowest BCUT2D eigenvalue weighted by Crippen LogP contribution is -2.46. The normalized spacial score (nSPS) is 14.8. The van der Waals surface area contributed by atoms with Crippen molar-refractivity contribution < 1.29 is 9.53 Å². The highest BCUT2D eigenvalue weighted by molar-refractivity contribution is 5.96. The Kier molecular flexibility index (Phi) is 7.94. The average Bonchev–Trinajstić information content (AvgIpc) is 2.74. The zero-order chi connectivity index (χ0) is 20.5. The first-order valence-electron chi connectivity index (χ1n) is 10.7. The van der Waals surface area contributed by atoms with Crippen LogP contribution in [0.25, 0.3) is 0 Å². The van der Waals surface area contributed by atoms with Crippen molar-refractivity contribution >= 4 is 11.6 Å². The van der Waals surface area contributed by atoms with Gasteiger partial charge in [0.1, 0.15) is 5.75 Å². The van der Waals surface area contributed by atoms with E-state index in [1.54, 1.807) is 0 Å². The first-order valence-corrected chi connectivity index (χ1v) is 10.7. The number of ether oxygens (including phenoxy) is 1. The second kappa shape index (κ2) is 10.9. The fourth-order valence-corrected chi connectivity index (χ4v) is 3.64. The van der Waals surface area contributed by atoms with E-state index in [2.05, 4.69) is 45.4 Å². The minimum atomic E-state index is -0.0577. The van der Waals surface area contributed by atoms with Gasteiger partial charge < -0.3 is 15.0 Å². The van der Waals surface area contributed by atoms with Gasteiger partial charge in [0.15, 0.2) is 0 Å². The molecule has 1 aliphatic rings. The number of piperazine rings is 1. The van der Waals surface area contributed by atoms with Crippen LogP contribution in [0.1, 0.15) is 37.0 Å². The first-order chi connectivity index (χ1) is 14.1. The van der Waals surface area contributed by atoms with E-state index in [-0.39, 0.29) is 12.0 Å². The zero-order valence-corrected chi connectivity index (χ0v) is 17.6. The Labute approximate surface area is 174 Å². The molecule has 1 amide bonds. The van der Waals surface area contributed by atoms with Gasteiger partial charge in [0.05, 0.1) is 11.7 Å². The van der Waals surface area contributed by atoms with Crippen LogP contribution >= 0.6 is 0 Å². The lowest BCUT2D eigenvalue weighted by atomic mass is 10.1. The zero-order valence-electron chi connectivity index (χ0n) is 17.6. The average molecular weight is 396 g/mol. The van der Waals surface area contributed by atoms with Crippen molar-refractivity contribution in [3.8, 4) is 5.75 Å². The Hall–Kier alpha value is -2.53. The second-order valence-electron chi connectivity index (χ2n) is 7.79. The molecule has 1 N–H and O–H groups in total. The Morgan fingerprint density at radius 3 is 2.38 bits per heavy atom. The SMILES string of the molecule is CC(C)Oc1ccccc1C(=O)NCCCCN1CCN(c2ccccc2)CC1. The molecule has 1 aliphatic heterocycles. The number of carbonyl (C=O) groups is 1. The molecule has 1 fully saturated rings. The maximum Gasteiger partial charge on any atom is 0.255 e. The molecular formula is C24H33N3O2. The molecule has 2 aromatic carbocycles. The van der Waals surface area contributed by atoms with Gasteiger partial charge in [-0.25, -0.2) is 0 Å². The van der Waals surface area contributed by atoms with Crippen LogP contribution in [0.15, 0.2) is 54.6 Å². The van der Waals surface area contributed by atoms with Crippen LogP contribution in [0.5, 0.6) is 5.75 Å². The molecule has 3 rings (SSSR count). The highest BCUT2D eigenvalue weighted by atomic mass is 16.5. The van der Waals surface area contributed by atoms with Crippen LogP contribution in [0, 0.1) is 0 Å². The van der Waals surface area contributed by atoms with E-state index < -0.39 is 0 Å². The molecule has 1 heterocycles. The van der Waals surface area contributed by atoms with Gasteiger partial charge in [-0.1, -0.05) is 30.3 Å². The van der Waals surface area contributed by atoms with Crippen molar-refractivity contribution in [2.75, 3.05) is 44.2 Å². The lowest BCUT2D eigenvalue weighted by molar-refractivity contribution is 0.0946. The van der Waals surface area contributed by atoms with E-state index in [1.807, 2.05) is 38.1 Å². The number of anilines is 1. The third kappa shape index (κ3) is 6.50. The van der Waals surface area contributed by atoms with Crippen molar-refractivity contribution in [2.24, 2.45) is 0 Å². The highest BCUT2D eigenvalue weighted by Gasteiger charge is 2.17. The molecule has 5 nitrogen and oxygen atoms in total. The van der Waals surface area contributed by atoms with Crippen LogP contribution in [-0.2, 0) is 0 Å². The second-order valence-corrected chi connectivity index (χ2v) is 7.79. The van der Waals surface area contributed by atoms with Crippen LogP contribution < -0.4 is 15.0 Å². The van der Waals surface area contributed by atoms with Gasteiger partial charge in [-0.15, -0.1) is 0 Å². The van der Waals surface area contributed by atoms with Crippen molar-refractivity contribution in [3.63, 3.8) is 0 Å². The summed E-state index contributed by atoms with van der Waals surface area (Å²) in [4.78, 5) is 17.4. The number of para-hydroxylation sites is 2. The van der Waals surface area contributed by atoms with Gasteiger partial charge in [0.2, 0.25) is 0 Å². The van der Waals surface area contributed by atoms with Gasteiger partial charge in [0, 0.05) is 38.4 Å². The summed E-state index contributed by atoms with van der Waals surface area (Å²) in [5, 5.41) is 3.03. The molecule has 0 unspecified atom stereocenters. The summed E-state index contributed by atoms with van der Waals surface area (Å²) in [6.45, 7) is 10.1. The Morgan fingerprint density at radius 1 is 0.966 bits per heavy atom. The summed E-state index contributed by atoms with van der Waals surface area (Å²) in [6.07, 6.45) is 2.12. The summed E-state index contributed by atoms with van der Waals surface area (Å²) in [5.41, 5.74) is 1.93. The van der Waals surface area contributed by atoms with Gasteiger partial charge in [0.25, 0.3) is 5.91 Å². The lowest BCUT2D eigenvalue weighted by Gasteiger charge is -2.36. The van der Waals surface area contributed by atoms with E-state index in [9.17, 15) is 4.79 Å². The monoisotopic (exact) mass is 395 g/mol. The van der Waals surface area contributed by atoms with Crippen molar-refractivity contribution in [3.05, 3.63) is 60.2 Å². The predicted molar refractivity (Wildman–Crippen MR) is 119 cm³/mol. The standard InChI is InChI=1S/C24H33N3O2/c1-20(2)29-23-13-7-6-12-22(23)24(28)25-14-8-9-15-26-16-18-27(19-17-26)21-10-4-3-5-11-21/h3-7,10-13,20H,8-9,14-19H2,1-2H3,(H,25,28). The fourth-order valence-electron chi connectivity index (χ4n) is 3.64. The van der Waals surface area contributed by atoms with Crippen molar-refractivity contribution in [1.82, 2.24) is 10.2 Å². The number of nitrogens with one attached hydrogen (secondary N) is 1. The number of unbranched alkanes of at least 4 members (excludes halogenated alkanes) is 1. The molecule has 5 heteroatoms. The summed E-state index contributed by atoms with van der Waals surface area (Å²) in [6, 6.07) is 18.1. The maximum atomic E-state index is 12.5. The summed E-state index contributed by atoms with van der Waals surface area (Å²) >= 11 is 0. The van der Waals surface area contributed by atoms with Crippen LogP contribution in [0.2, 0.25) is 0 Å². The van der Waals surface area contributed by atoms with Gasteiger partial charge >= 0.3 is 0 Å². The van der Waals surface area contributed by atoms with Crippen LogP contribution in [-0.4, -0.2) is 56.2 Å². The summed E-state index contributed by atoms with van der Waals surface area (Å²) in [7, 11) is 0. The molecule has 0 spiro atoms. The summed E-state index contributed by atoms with van der Waals surface area (Å²) in [5.74, 6) is 0.592. The minimum absolute atomic E-state index is 0.0475. The third-order valence-electron chi connectivity index (χ3n) is 5.17. The third-order valence-corrected chi connectivity index (χ3v) is 5.17. The minimum Gasteiger partial charge on any atom is -0.490 e. The van der Waals surface area contributed by atoms with Gasteiger partial charge in [-0.05, 0) is 57.5 Å². The van der Waals surface area contributed by atoms with E-state index in [0.717, 1.165) is 45.6 Å². The molecule has 0 radical (unpaired) electrons. The van der Waals surface area contributed by atoms with E-state index in [0.29, 0.717) is 17.9 Å². The molecule has 0 aliphatic carbocycles. The Morgan fingerprint density at radius 2 is 1.66 bits per heavy atom. The Bertz CT molecular complexity index is 756. The fraction of sp³-hybridized carbons (Fsp3) is 0.458. The highest BCUT2D eigenvalue weighted by Crippen LogP contribution is 2.19. The van der Waals surface area contributed by atoms with Crippen LogP contribution in [0.3, 0.4) is 0 Å². The number of hydrogen-bond acceptors (Lipinski definition) is 4. The van der Waals surface area contributed by atoms with Gasteiger partial charge in [-0.2, -0.15) is 0 Å².